The van der Waals surface area contributed by atoms with Crippen molar-refractivity contribution in [2.45, 2.75) is 57.6 Å². The van der Waals surface area contributed by atoms with Gasteiger partial charge in [0.1, 0.15) is 0 Å². The van der Waals surface area contributed by atoms with Crippen LogP contribution in [0.15, 0.2) is 54.6 Å². The summed E-state index contributed by atoms with van der Waals surface area (Å²) < 4.78 is 9.85. The summed E-state index contributed by atoms with van der Waals surface area (Å²) in [7, 11) is 1.32. The predicted octanol–water partition coefficient (Wildman–Crippen LogP) is 4.97. The van der Waals surface area contributed by atoms with Crippen molar-refractivity contribution in [2.24, 2.45) is 11.8 Å². The molecule has 2 aliphatic rings. The molecule has 1 saturated heterocycles. The van der Waals surface area contributed by atoms with E-state index in [1.807, 2.05) is 30.3 Å². The molecule has 7 nitrogen and oxygen atoms in total. The Morgan fingerprint density at radius 3 is 2.54 bits per heavy atom. The number of anilines is 1. The number of esters is 2. The second-order valence-corrected chi connectivity index (χ2v) is 9.82. The Labute approximate surface area is 218 Å². The number of methoxy groups -OCH3 is 1. The third-order valence-corrected chi connectivity index (χ3v) is 7.23. The number of ether oxygens (including phenoxy) is 2. The fourth-order valence-electron chi connectivity index (χ4n) is 5.13. The van der Waals surface area contributed by atoms with Crippen molar-refractivity contribution in [2.75, 3.05) is 18.6 Å². The van der Waals surface area contributed by atoms with Gasteiger partial charge in [0.25, 0.3) is 0 Å². The van der Waals surface area contributed by atoms with Crippen molar-refractivity contribution < 1.29 is 29.0 Å². The second kappa shape index (κ2) is 12.7. The minimum atomic E-state index is -1.18. The van der Waals surface area contributed by atoms with E-state index in [9.17, 15) is 19.5 Å². The maximum absolute atomic E-state index is 13.7. The van der Waals surface area contributed by atoms with E-state index in [2.05, 4.69) is 4.74 Å². The third-order valence-electron chi connectivity index (χ3n) is 7.23. The average Bonchev–Trinajstić information content (AvgIpc) is 2.94. The summed E-state index contributed by atoms with van der Waals surface area (Å²) in [6.45, 7) is 0.491. The van der Waals surface area contributed by atoms with Crippen LogP contribution in [-0.4, -0.2) is 36.7 Å². The minimum Gasteiger partial charge on any atom is -0.466 e. The SMILES string of the molecule is COC(=O)/C=C/c1cccc(N(C(=O)C2CCCCC2)C(O)c2ccc(CC3CCCOC3=O)cc2)c1. The summed E-state index contributed by atoms with van der Waals surface area (Å²) >= 11 is 0. The number of hydrogen-bond donors (Lipinski definition) is 1. The van der Waals surface area contributed by atoms with E-state index >= 15 is 0 Å². The molecule has 2 aromatic carbocycles. The van der Waals surface area contributed by atoms with Gasteiger partial charge in [0, 0.05) is 23.2 Å². The Morgan fingerprint density at radius 2 is 1.84 bits per heavy atom. The number of carbonyl (C=O) groups is 3. The summed E-state index contributed by atoms with van der Waals surface area (Å²) in [5.74, 6) is -1.01. The van der Waals surface area contributed by atoms with Crippen molar-refractivity contribution in [3.8, 4) is 0 Å². The third kappa shape index (κ3) is 6.86. The number of hydrogen-bond acceptors (Lipinski definition) is 6. The summed E-state index contributed by atoms with van der Waals surface area (Å²) in [6.07, 6.45) is 8.78. The van der Waals surface area contributed by atoms with Crippen LogP contribution in [0.3, 0.4) is 0 Å². The molecule has 4 rings (SSSR count). The van der Waals surface area contributed by atoms with Gasteiger partial charge in [0.15, 0.2) is 6.23 Å². The summed E-state index contributed by atoms with van der Waals surface area (Å²) in [6, 6.07) is 14.6. The highest BCUT2D eigenvalue weighted by Gasteiger charge is 2.32. The second-order valence-electron chi connectivity index (χ2n) is 9.82. The van der Waals surface area contributed by atoms with Gasteiger partial charge in [-0.25, -0.2) is 4.79 Å². The number of benzene rings is 2. The van der Waals surface area contributed by atoms with Gasteiger partial charge in [0.05, 0.1) is 19.6 Å². The van der Waals surface area contributed by atoms with Gasteiger partial charge in [-0.2, -0.15) is 0 Å². The van der Waals surface area contributed by atoms with Crippen molar-refractivity contribution >= 4 is 29.6 Å². The molecule has 2 atom stereocenters. The molecule has 1 heterocycles. The lowest BCUT2D eigenvalue weighted by Crippen LogP contribution is -2.40. The van der Waals surface area contributed by atoms with E-state index in [1.54, 1.807) is 24.3 Å². The molecule has 7 heteroatoms. The molecule has 0 spiro atoms. The molecule has 196 valence electrons. The lowest BCUT2D eigenvalue weighted by atomic mass is 9.88. The van der Waals surface area contributed by atoms with Crippen LogP contribution in [0.5, 0.6) is 0 Å². The van der Waals surface area contributed by atoms with Crippen LogP contribution in [0.2, 0.25) is 0 Å². The molecule has 0 radical (unpaired) electrons. The molecule has 2 aromatic rings. The molecule has 1 saturated carbocycles. The Kier molecular flexibility index (Phi) is 9.12. The average molecular weight is 506 g/mol. The Bertz CT molecular complexity index is 1120. The highest BCUT2D eigenvalue weighted by atomic mass is 16.5. The zero-order valence-electron chi connectivity index (χ0n) is 21.3. The Hall–Kier alpha value is -3.45. The number of cyclic esters (lactones) is 1. The van der Waals surface area contributed by atoms with Gasteiger partial charge >= 0.3 is 11.9 Å². The van der Waals surface area contributed by atoms with Gasteiger partial charge in [0.2, 0.25) is 5.91 Å². The van der Waals surface area contributed by atoms with Crippen LogP contribution in [-0.2, 0) is 30.3 Å². The zero-order valence-corrected chi connectivity index (χ0v) is 21.3. The van der Waals surface area contributed by atoms with E-state index in [0.29, 0.717) is 29.8 Å². The van der Waals surface area contributed by atoms with Gasteiger partial charge in [-0.05, 0) is 61.4 Å². The number of rotatable bonds is 8. The van der Waals surface area contributed by atoms with E-state index in [1.165, 1.54) is 18.1 Å². The fourth-order valence-corrected chi connectivity index (χ4v) is 5.13. The topological polar surface area (TPSA) is 93.1 Å². The molecule has 37 heavy (non-hydrogen) atoms. The molecule has 1 amide bonds. The molecular weight excluding hydrogens is 470 g/mol. The molecular formula is C30H35NO6. The Morgan fingerprint density at radius 1 is 1.08 bits per heavy atom. The maximum Gasteiger partial charge on any atom is 0.330 e. The van der Waals surface area contributed by atoms with E-state index < -0.39 is 12.2 Å². The first-order chi connectivity index (χ1) is 18.0. The lowest BCUT2D eigenvalue weighted by Gasteiger charge is -2.33. The Balaban J connectivity index is 1.58. The quantitative estimate of drug-likeness (QED) is 0.309. The minimum absolute atomic E-state index is 0.102. The largest absolute Gasteiger partial charge is 0.466 e. The highest BCUT2D eigenvalue weighted by Crippen LogP contribution is 2.33. The van der Waals surface area contributed by atoms with Crippen LogP contribution in [0.1, 0.15) is 67.9 Å². The number of aliphatic hydroxyl groups excluding tert-OH is 1. The molecule has 1 aliphatic carbocycles. The number of nitrogens with zero attached hydrogens (tertiary/aromatic N) is 1. The van der Waals surface area contributed by atoms with Crippen LogP contribution in [0.4, 0.5) is 5.69 Å². The van der Waals surface area contributed by atoms with Crippen molar-refractivity contribution in [3.05, 3.63) is 71.3 Å². The molecule has 1 N–H and O–H groups in total. The van der Waals surface area contributed by atoms with Crippen molar-refractivity contribution in [1.82, 2.24) is 0 Å². The first kappa shape index (κ1) is 26.6. The monoisotopic (exact) mass is 505 g/mol. The van der Waals surface area contributed by atoms with E-state index in [0.717, 1.165) is 50.5 Å². The van der Waals surface area contributed by atoms with Crippen molar-refractivity contribution in [1.29, 1.82) is 0 Å². The first-order valence-corrected chi connectivity index (χ1v) is 13.1. The summed E-state index contributed by atoms with van der Waals surface area (Å²) in [5, 5.41) is 11.5. The highest BCUT2D eigenvalue weighted by molar-refractivity contribution is 5.96. The molecule has 2 unspecified atom stereocenters. The van der Waals surface area contributed by atoms with Crippen LogP contribution >= 0.6 is 0 Å². The van der Waals surface area contributed by atoms with Gasteiger partial charge in [-0.3, -0.25) is 14.5 Å². The lowest BCUT2D eigenvalue weighted by molar-refractivity contribution is -0.152. The number of amides is 1. The van der Waals surface area contributed by atoms with Gasteiger partial charge in [-0.15, -0.1) is 0 Å². The smallest absolute Gasteiger partial charge is 0.330 e. The maximum atomic E-state index is 13.7. The van der Waals surface area contributed by atoms with E-state index in [-0.39, 0.29) is 23.7 Å². The zero-order chi connectivity index (χ0) is 26.2. The normalized spacial score (nSPS) is 19.3. The first-order valence-electron chi connectivity index (χ1n) is 13.1. The predicted molar refractivity (Wildman–Crippen MR) is 140 cm³/mol. The molecule has 1 aliphatic heterocycles. The van der Waals surface area contributed by atoms with Crippen LogP contribution in [0.25, 0.3) is 6.08 Å². The van der Waals surface area contributed by atoms with Crippen LogP contribution in [0, 0.1) is 11.8 Å². The molecule has 0 aromatic heterocycles. The number of aliphatic hydroxyl groups is 1. The molecule has 0 bridgehead atoms. The van der Waals surface area contributed by atoms with Gasteiger partial charge < -0.3 is 14.6 Å². The fraction of sp³-hybridized carbons (Fsp3) is 0.433. The standard InChI is InChI=1S/C30H35NO6/c1-36-27(32)17-14-21-7-5-11-26(20-21)31(28(33)23-8-3-2-4-9-23)29(34)24-15-12-22(13-16-24)19-25-10-6-18-37-30(25)35/h5,7,11-17,20,23,25,29,34H,2-4,6,8-10,18-19H2,1H3/b17-14+. The number of carbonyl (C=O) groups excluding carboxylic acids is 3. The van der Waals surface area contributed by atoms with E-state index in [4.69, 9.17) is 4.74 Å². The van der Waals surface area contributed by atoms with Crippen LogP contribution < -0.4 is 4.90 Å². The van der Waals surface area contributed by atoms with Crippen molar-refractivity contribution in [3.63, 3.8) is 0 Å². The molecule has 2 fully saturated rings. The van der Waals surface area contributed by atoms with Gasteiger partial charge in [-0.1, -0.05) is 55.7 Å². The summed E-state index contributed by atoms with van der Waals surface area (Å²) in [5.41, 5.74) is 2.85. The summed E-state index contributed by atoms with van der Waals surface area (Å²) in [4.78, 5) is 38.8.